The van der Waals surface area contributed by atoms with E-state index in [-0.39, 0.29) is 12.5 Å². The Kier molecular flexibility index (Phi) is 4.50. The highest BCUT2D eigenvalue weighted by Crippen LogP contribution is 2.10. The molecule has 0 unspecified atom stereocenters. The van der Waals surface area contributed by atoms with Gasteiger partial charge in [-0.05, 0) is 17.7 Å². The molecule has 0 saturated carbocycles. The number of imide groups is 1. The molecule has 0 fully saturated rings. The third kappa shape index (κ3) is 3.23. The van der Waals surface area contributed by atoms with Crippen molar-refractivity contribution in [3.05, 3.63) is 71.8 Å². The van der Waals surface area contributed by atoms with Gasteiger partial charge in [-0.3, -0.25) is 9.69 Å². The number of urea groups is 1. The minimum Gasteiger partial charge on any atom is -0.341 e. The first-order chi connectivity index (χ1) is 9.72. The highest BCUT2D eigenvalue weighted by Gasteiger charge is 2.21. The number of nitrogens with one attached hydrogen (secondary N) is 1. The smallest absolute Gasteiger partial charge is 0.324 e. The zero-order valence-corrected chi connectivity index (χ0v) is 11.2. The van der Waals surface area contributed by atoms with E-state index >= 15 is 0 Å². The summed E-state index contributed by atoms with van der Waals surface area (Å²) in [6, 6.07) is 17.8. The molecule has 0 bridgehead atoms. The van der Waals surface area contributed by atoms with Gasteiger partial charge in [-0.2, -0.15) is 0 Å². The molecular weight excluding hydrogens is 252 g/mol. The Morgan fingerprint density at radius 1 is 0.950 bits per heavy atom. The van der Waals surface area contributed by atoms with E-state index in [4.69, 9.17) is 0 Å². The van der Waals surface area contributed by atoms with Gasteiger partial charge < -0.3 is 5.32 Å². The molecule has 3 amide bonds. The molecule has 0 atom stereocenters. The SMILES string of the molecule is CNC(=O)N(Cc1ccccc1)C(=O)c1ccccc1. The van der Waals surface area contributed by atoms with E-state index in [2.05, 4.69) is 5.32 Å². The third-order valence-corrected chi connectivity index (χ3v) is 2.91. The lowest BCUT2D eigenvalue weighted by Crippen LogP contribution is -2.41. The van der Waals surface area contributed by atoms with Crippen molar-refractivity contribution in [2.45, 2.75) is 6.54 Å². The Bertz CT molecular complexity index is 582. The maximum Gasteiger partial charge on any atom is 0.324 e. The molecule has 2 rings (SSSR count). The standard InChI is InChI=1S/C16H16N2O2/c1-17-16(20)18(12-13-8-4-2-5-9-13)15(19)14-10-6-3-7-11-14/h2-11H,12H2,1H3,(H,17,20). The van der Waals surface area contributed by atoms with E-state index in [9.17, 15) is 9.59 Å². The van der Waals surface area contributed by atoms with Crippen molar-refractivity contribution in [2.75, 3.05) is 7.05 Å². The van der Waals surface area contributed by atoms with Crippen LogP contribution in [-0.2, 0) is 6.54 Å². The predicted octanol–water partition coefficient (Wildman–Crippen LogP) is 2.67. The second-order valence-electron chi connectivity index (χ2n) is 4.30. The van der Waals surface area contributed by atoms with Crippen molar-refractivity contribution < 1.29 is 9.59 Å². The number of carbonyl (C=O) groups excluding carboxylic acids is 2. The average molecular weight is 268 g/mol. The second-order valence-corrected chi connectivity index (χ2v) is 4.30. The maximum atomic E-state index is 12.4. The maximum absolute atomic E-state index is 12.4. The molecule has 2 aromatic carbocycles. The molecule has 0 saturated heterocycles. The van der Waals surface area contributed by atoms with Crippen LogP contribution in [0.3, 0.4) is 0 Å². The monoisotopic (exact) mass is 268 g/mol. The summed E-state index contributed by atoms with van der Waals surface area (Å²) in [5.74, 6) is -0.311. The lowest BCUT2D eigenvalue weighted by Gasteiger charge is -2.20. The first-order valence-electron chi connectivity index (χ1n) is 6.35. The van der Waals surface area contributed by atoms with Gasteiger partial charge in [0.05, 0.1) is 6.54 Å². The molecule has 102 valence electrons. The Balaban J connectivity index is 2.24. The molecule has 4 nitrogen and oxygen atoms in total. The fourth-order valence-corrected chi connectivity index (χ4v) is 1.87. The van der Waals surface area contributed by atoms with Crippen LogP contribution in [0.1, 0.15) is 15.9 Å². The summed E-state index contributed by atoms with van der Waals surface area (Å²) in [4.78, 5) is 25.5. The Labute approximate surface area is 118 Å². The minimum atomic E-state index is -0.414. The molecule has 0 radical (unpaired) electrons. The van der Waals surface area contributed by atoms with Crippen molar-refractivity contribution in [2.24, 2.45) is 0 Å². The lowest BCUT2D eigenvalue weighted by molar-refractivity contribution is 0.0792. The third-order valence-electron chi connectivity index (χ3n) is 2.91. The Morgan fingerprint density at radius 3 is 2.05 bits per heavy atom. The first-order valence-corrected chi connectivity index (χ1v) is 6.35. The molecule has 0 aliphatic rings. The number of nitrogens with zero attached hydrogens (tertiary/aromatic N) is 1. The van der Waals surface area contributed by atoms with Crippen molar-refractivity contribution in [3.8, 4) is 0 Å². The van der Waals surface area contributed by atoms with Gasteiger partial charge in [0.15, 0.2) is 0 Å². The number of benzene rings is 2. The van der Waals surface area contributed by atoms with Gasteiger partial charge in [-0.15, -0.1) is 0 Å². The van der Waals surface area contributed by atoms with E-state index in [1.807, 2.05) is 36.4 Å². The molecule has 0 spiro atoms. The van der Waals surface area contributed by atoms with Crippen LogP contribution < -0.4 is 5.32 Å². The average Bonchev–Trinajstić information content (AvgIpc) is 2.53. The van der Waals surface area contributed by atoms with Crippen LogP contribution in [0.2, 0.25) is 0 Å². The number of rotatable bonds is 3. The predicted molar refractivity (Wildman–Crippen MR) is 77.2 cm³/mol. The van der Waals surface area contributed by atoms with E-state index in [1.165, 1.54) is 11.9 Å². The second kappa shape index (κ2) is 6.52. The number of hydrogen-bond acceptors (Lipinski definition) is 2. The van der Waals surface area contributed by atoms with E-state index in [0.717, 1.165) is 5.56 Å². The molecular formula is C16H16N2O2. The lowest BCUT2D eigenvalue weighted by atomic mass is 10.1. The van der Waals surface area contributed by atoms with Crippen molar-refractivity contribution in [1.29, 1.82) is 0 Å². The Hall–Kier alpha value is -2.62. The molecule has 4 heteroatoms. The van der Waals surface area contributed by atoms with Gasteiger partial charge in [0.2, 0.25) is 0 Å². The van der Waals surface area contributed by atoms with E-state index in [0.29, 0.717) is 5.56 Å². The summed E-state index contributed by atoms with van der Waals surface area (Å²) in [6.45, 7) is 0.244. The molecule has 0 aliphatic carbocycles. The van der Waals surface area contributed by atoms with Crippen molar-refractivity contribution >= 4 is 11.9 Å². The van der Waals surface area contributed by atoms with Crippen LogP contribution in [-0.4, -0.2) is 23.9 Å². The highest BCUT2D eigenvalue weighted by atomic mass is 16.2. The van der Waals surface area contributed by atoms with Gasteiger partial charge in [-0.1, -0.05) is 48.5 Å². The normalized spacial score (nSPS) is 9.85. The van der Waals surface area contributed by atoms with Crippen LogP contribution >= 0.6 is 0 Å². The molecule has 1 N–H and O–H groups in total. The first kappa shape index (κ1) is 13.8. The Morgan fingerprint density at radius 2 is 1.50 bits per heavy atom. The molecule has 0 heterocycles. The number of amides is 3. The largest absolute Gasteiger partial charge is 0.341 e. The van der Waals surface area contributed by atoms with Crippen molar-refractivity contribution in [3.63, 3.8) is 0 Å². The van der Waals surface area contributed by atoms with Gasteiger partial charge in [-0.25, -0.2) is 4.79 Å². The fourth-order valence-electron chi connectivity index (χ4n) is 1.87. The van der Waals surface area contributed by atoms with Crippen LogP contribution in [0.25, 0.3) is 0 Å². The summed E-state index contributed by atoms with van der Waals surface area (Å²) < 4.78 is 0. The molecule has 0 aromatic heterocycles. The molecule has 20 heavy (non-hydrogen) atoms. The topological polar surface area (TPSA) is 49.4 Å². The number of carbonyl (C=O) groups is 2. The zero-order valence-electron chi connectivity index (χ0n) is 11.2. The van der Waals surface area contributed by atoms with Gasteiger partial charge in [0.1, 0.15) is 0 Å². The van der Waals surface area contributed by atoms with E-state index in [1.54, 1.807) is 24.3 Å². The van der Waals surface area contributed by atoms with Crippen LogP contribution in [0.15, 0.2) is 60.7 Å². The summed E-state index contributed by atoms with van der Waals surface area (Å²) in [5, 5.41) is 2.50. The molecule has 0 aliphatic heterocycles. The van der Waals surface area contributed by atoms with Crippen LogP contribution in [0.4, 0.5) is 4.79 Å². The summed E-state index contributed by atoms with van der Waals surface area (Å²) in [5.41, 5.74) is 1.40. The molecule has 2 aromatic rings. The number of hydrogen-bond donors (Lipinski definition) is 1. The van der Waals surface area contributed by atoms with E-state index < -0.39 is 6.03 Å². The van der Waals surface area contributed by atoms with Crippen LogP contribution in [0.5, 0.6) is 0 Å². The quantitative estimate of drug-likeness (QED) is 0.930. The fraction of sp³-hybridized carbons (Fsp3) is 0.125. The van der Waals surface area contributed by atoms with Crippen LogP contribution in [0, 0.1) is 0 Å². The summed E-state index contributed by atoms with van der Waals surface area (Å²) in [7, 11) is 1.51. The van der Waals surface area contributed by atoms with Gasteiger partial charge in [0.25, 0.3) is 5.91 Å². The summed E-state index contributed by atoms with van der Waals surface area (Å²) in [6.07, 6.45) is 0. The van der Waals surface area contributed by atoms with Gasteiger partial charge in [0, 0.05) is 12.6 Å². The highest BCUT2D eigenvalue weighted by molar-refractivity contribution is 6.04. The summed E-state index contributed by atoms with van der Waals surface area (Å²) >= 11 is 0. The zero-order chi connectivity index (χ0) is 14.4. The van der Waals surface area contributed by atoms with Gasteiger partial charge >= 0.3 is 6.03 Å². The van der Waals surface area contributed by atoms with Crippen molar-refractivity contribution in [1.82, 2.24) is 10.2 Å². The minimum absolute atomic E-state index is 0.244.